The van der Waals surface area contributed by atoms with Gasteiger partial charge in [-0.3, -0.25) is 4.68 Å². The minimum Gasteiger partial charge on any atom is -0.384 e. The number of fused-ring (bicyclic) bond motifs is 1. The summed E-state index contributed by atoms with van der Waals surface area (Å²) >= 11 is 0. The lowest BCUT2D eigenvalue weighted by Gasteiger charge is -2.11. The molecule has 0 radical (unpaired) electrons. The lowest BCUT2D eigenvalue weighted by Crippen LogP contribution is -1.99. The first-order valence-electron chi connectivity index (χ1n) is 6.79. The Hall–Kier alpha value is -1.91. The highest BCUT2D eigenvalue weighted by atomic mass is 19.3. The molecule has 0 bridgehead atoms. The number of aromatic nitrogens is 2. The molecule has 106 valence electrons. The second kappa shape index (κ2) is 4.89. The Labute approximate surface area is 116 Å². The molecule has 5 heteroatoms. The summed E-state index contributed by atoms with van der Waals surface area (Å²) in [6.07, 6.45) is 1.89. The molecule has 0 spiro atoms. The first kappa shape index (κ1) is 13.1. The fraction of sp³-hybridized carbons (Fsp3) is 0.400. The van der Waals surface area contributed by atoms with Crippen molar-refractivity contribution in [2.75, 3.05) is 11.9 Å². The molecule has 2 aromatic rings. The molecule has 0 unspecified atom stereocenters. The third-order valence-electron chi connectivity index (χ3n) is 3.66. The maximum absolute atomic E-state index is 13.3. The minimum atomic E-state index is -2.49. The Morgan fingerprint density at radius 2 is 2.10 bits per heavy atom. The zero-order valence-corrected chi connectivity index (χ0v) is 11.5. The average Bonchev–Trinajstić information content (AvgIpc) is 3.05. The van der Waals surface area contributed by atoms with Crippen LogP contribution in [0.4, 0.5) is 14.5 Å². The molecular formula is C15H17F2N3. The largest absolute Gasteiger partial charge is 0.384 e. The topological polar surface area (TPSA) is 29.9 Å². The molecule has 20 heavy (non-hydrogen) atoms. The molecule has 0 fully saturated rings. The highest BCUT2D eigenvalue weighted by Crippen LogP contribution is 2.37. The Morgan fingerprint density at radius 3 is 2.75 bits per heavy atom. The van der Waals surface area contributed by atoms with Crippen molar-refractivity contribution < 1.29 is 8.78 Å². The second-order valence-electron chi connectivity index (χ2n) is 5.38. The van der Waals surface area contributed by atoms with Gasteiger partial charge in [0.05, 0.1) is 6.20 Å². The zero-order chi connectivity index (χ0) is 14.3. The van der Waals surface area contributed by atoms with Gasteiger partial charge in [0.1, 0.15) is 0 Å². The van der Waals surface area contributed by atoms with E-state index in [2.05, 4.69) is 10.4 Å². The van der Waals surface area contributed by atoms with Gasteiger partial charge >= 0.3 is 0 Å². The molecule has 1 aromatic carbocycles. The molecule has 0 atom stereocenters. The Kier molecular flexibility index (Phi) is 3.20. The lowest BCUT2D eigenvalue weighted by atomic mass is 9.98. The monoisotopic (exact) mass is 277 g/mol. The Bertz CT molecular complexity index is 632. The van der Waals surface area contributed by atoms with Crippen molar-refractivity contribution >= 4 is 5.69 Å². The predicted octanol–water partition coefficient (Wildman–Crippen LogP) is 4.04. The molecule has 1 aliphatic heterocycles. The lowest BCUT2D eigenvalue weighted by molar-refractivity contribution is 0.152. The molecular weight excluding hydrogens is 260 g/mol. The number of alkyl halides is 2. The van der Waals surface area contributed by atoms with E-state index in [4.69, 9.17) is 0 Å². The number of benzene rings is 1. The van der Waals surface area contributed by atoms with Crippen molar-refractivity contribution in [3.8, 4) is 11.1 Å². The summed E-state index contributed by atoms with van der Waals surface area (Å²) in [5.41, 5.74) is 3.35. The van der Waals surface area contributed by atoms with E-state index < -0.39 is 6.43 Å². The van der Waals surface area contributed by atoms with E-state index in [9.17, 15) is 8.78 Å². The number of hydrogen-bond donors (Lipinski definition) is 1. The fourth-order valence-corrected chi connectivity index (χ4v) is 2.55. The Morgan fingerprint density at radius 1 is 1.30 bits per heavy atom. The third kappa shape index (κ3) is 2.17. The van der Waals surface area contributed by atoms with Gasteiger partial charge in [0.25, 0.3) is 6.43 Å². The van der Waals surface area contributed by atoms with Gasteiger partial charge in [-0.2, -0.15) is 5.10 Å². The summed E-state index contributed by atoms with van der Waals surface area (Å²) in [6, 6.07) is 3.67. The van der Waals surface area contributed by atoms with E-state index in [0.29, 0.717) is 5.56 Å². The maximum Gasteiger partial charge on any atom is 0.264 e. The number of halogens is 2. The summed E-state index contributed by atoms with van der Waals surface area (Å²) in [5, 5.41) is 7.39. The van der Waals surface area contributed by atoms with Crippen LogP contribution < -0.4 is 5.32 Å². The normalized spacial score (nSPS) is 13.9. The first-order valence-corrected chi connectivity index (χ1v) is 6.79. The van der Waals surface area contributed by atoms with Crippen LogP contribution in [-0.2, 0) is 6.42 Å². The summed E-state index contributed by atoms with van der Waals surface area (Å²) in [7, 11) is 0. The number of hydrogen-bond acceptors (Lipinski definition) is 2. The number of anilines is 1. The van der Waals surface area contributed by atoms with E-state index in [1.807, 2.05) is 26.1 Å². The van der Waals surface area contributed by atoms with Crippen molar-refractivity contribution in [2.24, 2.45) is 0 Å². The summed E-state index contributed by atoms with van der Waals surface area (Å²) in [5.74, 6) is 0. The smallest absolute Gasteiger partial charge is 0.264 e. The molecule has 2 heterocycles. The SMILES string of the molecule is CC(C)n1cc(-c2cc3c(cc2C(F)F)NCC3)cn1. The molecule has 1 N–H and O–H groups in total. The standard InChI is InChI=1S/C15H17F2N3/c1-9(2)20-8-11(7-19-20)12-5-10-3-4-18-14(10)6-13(12)15(16)17/h5-9,15,18H,3-4H2,1-2H3. The minimum absolute atomic E-state index is 0.0708. The van der Waals surface area contributed by atoms with Gasteiger partial charge < -0.3 is 5.32 Å². The van der Waals surface area contributed by atoms with Crippen molar-refractivity contribution in [1.82, 2.24) is 9.78 Å². The van der Waals surface area contributed by atoms with Gasteiger partial charge in [-0.1, -0.05) is 0 Å². The highest BCUT2D eigenvalue weighted by Gasteiger charge is 2.21. The van der Waals surface area contributed by atoms with Crippen molar-refractivity contribution in [1.29, 1.82) is 0 Å². The third-order valence-corrected chi connectivity index (χ3v) is 3.66. The van der Waals surface area contributed by atoms with Gasteiger partial charge in [-0.15, -0.1) is 0 Å². The predicted molar refractivity (Wildman–Crippen MR) is 75.2 cm³/mol. The summed E-state index contributed by atoms with van der Waals surface area (Å²) in [6.45, 7) is 4.83. The van der Waals surface area contributed by atoms with Crippen LogP contribution in [0.3, 0.4) is 0 Å². The highest BCUT2D eigenvalue weighted by molar-refractivity contribution is 5.73. The van der Waals surface area contributed by atoms with Crippen LogP contribution in [0.5, 0.6) is 0 Å². The molecule has 0 aliphatic carbocycles. The van der Waals surface area contributed by atoms with Gasteiger partial charge in [-0.05, 0) is 43.5 Å². The van der Waals surface area contributed by atoms with Crippen molar-refractivity contribution in [2.45, 2.75) is 32.7 Å². The molecule has 0 saturated heterocycles. The molecule has 3 nitrogen and oxygen atoms in total. The van der Waals surface area contributed by atoms with Crippen molar-refractivity contribution in [3.05, 3.63) is 35.7 Å². The molecule has 0 saturated carbocycles. The molecule has 1 aliphatic rings. The fourth-order valence-electron chi connectivity index (χ4n) is 2.55. The van der Waals surface area contributed by atoms with Gasteiger partial charge in [0.15, 0.2) is 0 Å². The van der Waals surface area contributed by atoms with E-state index in [-0.39, 0.29) is 11.6 Å². The van der Waals surface area contributed by atoms with Crippen molar-refractivity contribution in [3.63, 3.8) is 0 Å². The maximum atomic E-state index is 13.3. The quantitative estimate of drug-likeness (QED) is 0.917. The number of nitrogens with one attached hydrogen (secondary N) is 1. The number of rotatable bonds is 3. The van der Waals surface area contributed by atoms with Gasteiger partial charge in [-0.25, -0.2) is 8.78 Å². The van der Waals surface area contributed by atoms with Crippen LogP contribution in [0.2, 0.25) is 0 Å². The van der Waals surface area contributed by atoms with E-state index in [0.717, 1.165) is 29.8 Å². The first-order chi connectivity index (χ1) is 9.56. The van der Waals surface area contributed by atoms with Crippen LogP contribution in [0.15, 0.2) is 24.5 Å². The van der Waals surface area contributed by atoms with Crippen LogP contribution in [0.1, 0.15) is 37.4 Å². The average molecular weight is 277 g/mol. The van der Waals surface area contributed by atoms with E-state index in [1.165, 1.54) is 0 Å². The summed E-state index contributed by atoms with van der Waals surface area (Å²) in [4.78, 5) is 0. The number of nitrogens with zero attached hydrogens (tertiary/aromatic N) is 2. The van der Waals surface area contributed by atoms with E-state index >= 15 is 0 Å². The Balaban J connectivity index is 2.11. The van der Waals surface area contributed by atoms with Crippen LogP contribution >= 0.6 is 0 Å². The van der Waals surface area contributed by atoms with Crippen LogP contribution in [-0.4, -0.2) is 16.3 Å². The van der Waals surface area contributed by atoms with Gasteiger partial charge in [0.2, 0.25) is 0 Å². The van der Waals surface area contributed by atoms with E-state index in [1.54, 1.807) is 16.9 Å². The molecule has 0 amide bonds. The zero-order valence-electron chi connectivity index (χ0n) is 11.5. The second-order valence-corrected chi connectivity index (χ2v) is 5.38. The van der Waals surface area contributed by atoms with Gasteiger partial charge in [0, 0.05) is 35.6 Å². The summed E-state index contributed by atoms with van der Waals surface area (Å²) < 4.78 is 28.4. The van der Waals surface area contributed by atoms with Crippen LogP contribution in [0, 0.1) is 0 Å². The molecule has 1 aromatic heterocycles. The molecule has 3 rings (SSSR count). The van der Waals surface area contributed by atoms with Crippen LogP contribution in [0.25, 0.3) is 11.1 Å².